The molecule has 1 heterocycles. The van der Waals surface area contributed by atoms with Crippen LogP contribution in [0, 0.1) is 5.82 Å². The van der Waals surface area contributed by atoms with E-state index in [0.717, 1.165) is 36.5 Å². The molecule has 0 unspecified atom stereocenters. The van der Waals surface area contributed by atoms with Crippen LogP contribution in [0.5, 0.6) is 5.75 Å². The molecule has 2 aromatic carbocycles. The fourth-order valence-corrected chi connectivity index (χ4v) is 3.71. The van der Waals surface area contributed by atoms with Crippen molar-refractivity contribution in [3.8, 4) is 17.1 Å². The van der Waals surface area contributed by atoms with E-state index in [1.165, 1.54) is 30.0 Å². The Morgan fingerprint density at radius 3 is 2.70 bits per heavy atom. The Morgan fingerprint density at radius 1 is 1.23 bits per heavy atom. The van der Waals surface area contributed by atoms with Crippen LogP contribution in [0.1, 0.15) is 19.8 Å². The molecule has 6 nitrogen and oxygen atoms in total. The number of carbonyl (C=O) groups is 1. The summed E-state index contributed by atoms with van der Waals surface area (Å²) in [6, 6.07) is 11.6. The van der Waals surface area contributed by atoms with Gasteiger partial charge in [0.15, 0.2) is 11.0 Å². The monoisotopic (exact) mass is 448 g/mol. The van der Waals surface area contributed by atoms with E-state index < -0.39 is 5.82 Å². The molecule has 0 fully saturated rings. The van der Waals surface area contributed by atoms with Crippen molar-refractivity contribution in [2.24, 2.45) is 0 Å². The topological polar surface area (TPSA) is 69.0 Å². The second-order valence-electron chi connectivity index (χ2n) is 6.50. The minimum Gasteiger partial charge on any atom is -0.497 e. The zero-order valence-electron chi connectivity index (χ0n) is 16.7. The predicted octanol–water partition coefficient (Wildman–Crippen LogP) is 5.28. The number of nitrogens with one attached hydrogen (secondary N) is 1. The van der Waals surface area contributed by atoms with Gasteiger partial charge in [0, 0.05) is 17.1 Å². The summed E-state index contributed by atoms with van der Waals surface area (Å²) in [5.74, 6) is 0.675. The van der Waals surface area contributed by atoms with Crippen LogP contribution < -0.4 is 10.1 Å². The first kappa shape index (κ1) is 22.1. The van der Waals surface area contributed by atoms with Gasteiger partial charge in [-0.2, -0.15) is 0 Å². The number of rotatable bonds is 9. The van der Waals surface area contributed by atoms with Crippen molar-refractivity contribution >= 4 is 35.0 Å². The number of benzene rings is 2. The Hall–Kier alpha value is -2.58. The SMILES string of the molecule is CCCCn1c(SCC(=O)Nc2cc(Cl)ccc2F)nnc1-c1ccc(OC)cc1. The molecular weight excluding hydrogens is 427 g/mol. The van der Waals surface area contributed by atoms with Gasteiger partial charge in [0.05, 0.1) is 18.6 Å². The summed E-state index contributed by atoms with van der Waals surface area (Å²) in [4.78, 5) is 12.3. The minimum atomic E-state index is -0.536. The molecule has 3 aromatic rings. The fourth-order valence-electron chi connectivity index (χ4n) is 2.78. The smallest absolute Gasteiger partial charge is 0.234 e. The van der Waals surface area contributed by atoms with Crippen LogP contribution in [0.3, 0.4) is 0 Å². The lowest BCUT2D eigenvalue weighted by molar-refractivity contribution is -0.113. The lowest BCUT2D eigenvalue weighted by Crippen LogP contribution is -2.15. The van der Waals surface area contributed by atoms with Gasteiger partial charge in [-0.1, -0.05) is 36.7 Å². The molecule has 0 radical (unpaired) electrons. The van der Waals surface area contributed by atoms with Crippen molar-refractivity contribution in [1.82, 2.24) is 14.8 Å². The van der Waals surface area contributed by atoms with Crippen LogP contribution in [0.4, 0.5) is 10.1 Å². The Labute approximate surface area is 183 Å². The van der Waals surface area contributed by atoms with Crippen LogP contribution in [0.25, 0.3) is 11.4 Å². The number of anilines is 1. The largest absolute Gasteiger partial charge is 0.497 e. The van der Waals surface area contributed by atoms with Crippen molar-refractivity contribution < 1.29 is 13.9 Å². The van der Waals surface area contributed by atoms with Gasteiger partial charge in [0.1, 0.15) is 11.6 Å². The Balaban J connectivity index is 1.73. The van der Waals surface area contributed by atoms with Crippen molar-refractivity contribution in [2.75, 3.05) is 18.2 Å². The van der Waals surface area contributed by atoms with Gasteiger partial charge < -0.3 is 14.6 Å². The molecule has 1 amide bonds. The normalized spacial score (nSPS) is 10.8. The Morgan fingerprint density at radius 2 is 2.00 bits per heavy atom. The van der Waals surface area contributed by atoms with Gasteiger partial charge in [-0.25, -0.2) is 4.39 Å². The summed E-state index contributed by atoms with van der Waals surface area (Å²) in [5.41, 5.74) is 0.969. The van der Waals surface area contributed by atoms with Gasteiger partial charge in [-0.15, -0.1) is 10.2 Å². The van der Waals surface area contributed by atoms with Crippen LogP contribution in [-0.4, -0.2) is 33.5 Å². The summed E-state index contributed by atoms with van der Waals surface area (Å²) in [5, 5.41) is 12.1. The molecule has 3 rings (SSSR count). The maximum Gasteiger partial charge on any atom is 0.234 e. The van der Waals surface area contributed by atoms with Gasteiger partial charge in [-0.05, 0) is 48.9 Å². The molecule has 1 aromatic heterocycles. The molecule has 1 N–H and O–H groups in total. The quantitative estimate of drug-likeness (QED) is 0.451. The first-order valence-electron chi connectivity index (χ1n) is 9.47. The Kier molecular flexibility index (Phi) is 7.70. The third-order valence-corrected chi connectivity index (χ3v) is 5.54. The average Bonchev–Trinajstić information content (AvgIpc) is 3.16. The number of ether oxygens (including phenoxy) is 1. The van der Waals surface area contributed by atoms with Gasteiger partial charge in [-0.3, -0.25) is 4.79 Å². The fraction of sp³-hybridized carbons (Fsp3) is 0.286. The molecule has 0 saturated carbocycles. The molecule has 0 aliphatic heterocycles. The van der Waals surface area contributed by atoms with Crippen molar-refractivity contribution in [3.63, 3.8) is 0 Å². The lowest BCUT2D eigenvalue weighted by Gasteiger charge is -2.10. The zero-order valence-corrected chi connectivity index (χ0v) is 18.3. The molecule has 158 valence electrons. The second-order valence-corrected chi connectivity index (χ2v) is 7.88. The molecule has 9 heteroatoms. The second kappa shape index (κ2) is 10.4. The van der Waals surface area contributed by atoms with E-state index in [0.29, 0.717) is 10.2 Å². The van der Waals surface area contributed by atoms with E-state index in [4.69, 9.17) is 16.3 Å². The first-order valence-corrected chi connectivity index (χ1v) is 10.8. The molecular formula is C21H22ClFN4O2S. The van der Waals surface area contributed by atoms with E-state index in [1.54, 1.807) is 7.11 Å². The van der Waals surface area contributed by atoms with Gasteiger partial charge in [0.25, 0.3) is 0 Å². The standard InChI is InChI=1S/C21H22ClFN4O2S/c1-3-4-11-27-20(14-5-8-16(29-2)9-6-14)25-26-21(27)30-13-19(28)24-18-12-15(22)7-10-17(18)23/h5-10,12H,3-4,11,13H2,1-2H3,(H,24,28). The number of carbonyl (C=O) groups excluding carboxylic acids is 1. The highest BCUT2D eigenvalue weighted by atomic mass is 35.5. The zero-order chi connectivity index (χ0) is 21.5. The number of nitrogens with zero attached hydrogens (tertiary/aromatic N) is 3. The highest BCUT2D eigenvalue weighted by molar-refractivity contribution is 7.99. The summed E-state index contributed by atoms with van der Waals surface area (Å²) in [6.45, 7) is 2.84. The molecule has 0 bridgehead atoms. The predicted molar refractivity (Wildman–Crippen MR) is 118 cm³/mol. The molecule has 0 atom stereocenters. The minimum absolute atomic E-state index is 0.0551. The molecule has 0 saturated heterocycles. The van der Waals surface area contributed by atoms with Crippen molar-refractivity contribution in [2.45, 2.75) is 31.5 Å². The number of aromatic nitrogens is 3. The highest BCUT2D eigenvalue weighted by Gasteiger charge is 2.16. The number of hydrogen-bond acceptors (Lipinski definition) is 5. The molecule has 0 aliphatic rings. The summed E-state index contributed by atoms with van der Waals surface area (Å²) >= 11 is 7.13. The first-order chi connectivity index (χ1) is 14.5. The summed E-state index contributed by atoms with van der Waals surface area (Å²) in [6.07, 6.45) is 1.97. The van der Waals surface area contributed by atoms with E-state index in [2.05, 4.69) is 22.4 Å². The third-order valence-electron chi connectivity index (χ3n) is 4.34. The number of thioether (sulfide) groups is 1. The highest BCUT2D eigenvalue weighted by Crippen LogP contribution is 2.27. The van der Waals surface area contributed by atoms with Gasteiger partial charge >= 0.3 is 0 Å². The van der Waals surface area contributed by atoms with Crippen LogP contribution >= 0.6 is 23.4 Å². The maximum atomic E-state index is 13.8. The average molecular weight is 449 g/mol. The van der Waals surface area contributed by atoms with Crippen LogP contribution in [0.2, 0.25) is 5.02 Å². The van der Waals surface area contributed by atoms with E-state index >= 15 is 0 Å². The number of unbranched alkanes of at least 4 members (excludes halogenated alkanes) is 1. The number of methoxy groups -OCH3 is 1. The van der Waals surface area contributed by atoms with Crippen molar-refractivity contribution in [3.05, 3.63) is 53.3 Å². The Bertz CT molecular complexity index is 1010. The third kappa shape index (κ3) is 5.52. The lowest BCUT2D eigenvalue weighted by atomic mass is 10.2. The van der Waals surface area contributed by atoms with Crippen LogP contribution in [-0.2, 0) is 11.3 Å². The summed E-state index contributed by atoms with van der Waals surface area (Å²) in [7, 11) is 1.62. The van der Waals surface area contributed by atoms with E-state index in [-0.39, 0.29) is 17.3 Å². The molecule has 0 spiro atoms. The van der Waals surface area contributed by atoms with Gasteiger partial charge in [0.2, 0.25) is 5.91 Å². The number of amides is 1. The van der Waals surface area contributed by atoms with Crippen molar-refractivity contribution in [1.29, 1.82) is 0 Å². The van der Waals surface area contributed by atoms with E-state index in [1.807, 2.05) is 28.8 Å². The number of halogens is 2. The van der Waals surface area contributed by atoms with E-state index in [9.17, 15) is 9.18 Å². The maximum absolute atomic E-state index is 13.8. The number of hydrogen-bond donors (Lipinski definition) is 1. The molecule has 30 heavy (non-hydrogen) atoms. The summed E-state index contributed by atoms with van der Waals surface area (Å²) < 4.78 is 21.0. The molecule has 0 aliphatic carbocycles. The van der Waals surface area contributed by atoms with Crippen LogP contribution in [0.15, 0.2) is 47.6 Å².